The van der Waals surface area contributed by atoms with Crippen molar-refractivity contribution in [3.63, 3.8) is 0 Å². The van der Waals surface area contributed by atoms with Gasteiger partial charge in [-0.2, -0.15) is 4.72 Å². The molecule has 1 fully saturated rings. The Hall–Kier alpha value is -1.31. The molecule has 1 heterocycles. The van der Waals surface area contributed by atoms with Crippen LogP contribution in [0.2, 0.25) is 5.02 Å². The highest BCUT2D eigenvalue weighted by Gasteiger charge is 2.32. The Kier molecular flexibility index (Phi) is 3.98. The number of cyclic esters (lactones) is 1. The number of ether oxygens (including phenoxy) is 2. The fraction of sp³-hybridized carbons (Fsp3) is 0.364. The van der Waals surface area contributed by atoms with Crippen LogP contribution in [-0.4, -0.2) is 34.1 Å². The zero-order valence-corrected chi connectivity index (χ0v) is 11.6. The molecule has 0 radical (unpaired) electrons. The molecule has 1 N–H and O–H groups in total. The standard InChI is InChI=1S/C11H12ClNO5S/c1-17-9-3-2-7(12)6-10(9)19(15,16)13-8-4-5-18-11(8)14/h2-3,6,8,13H,4-5H2,1H3. The molecule has 104 valence electrons. The van der Waals surface area contributed by atoms with Gasteiger partial charge in [0, 0.05) is 11.4 Å². The number of esters is 1. The molecule has 1 aromatic carbocycles. The van der Waals surface area contributed by atoms with Gasteiger partial charge in [-0.05, 0) is 18.2 Å². The zero-order chi connectivity index (χ0) is 14.0. The lowest BCUT2D eigenvalue weighted by molar-refractivity contribution is -0.139. The molecule has 0 aliphatic carbocycles. The average Bonchev–Trinajstić information content (AvgIpc) is 2.74. The van der Waals surface area contributed by atoms with Crippen molar-refractivity contribution in [3.05, 3.63) is 23.2 Å². The van der Waals surface area contributed by atoms with E-state index in [0.717, 1.165) is 0 Å². The van der Waals surface area contributed by atoms with E-state index in [1.54, 1.807) is 0 Å². The van der Waals surface area contributed by atoms with Gasteiger partial charge in [0.15, 0.2) is 0 Å². The molecule has 0 bridgehead atoms. The highest BCUT2D eigenvalue weighted by atomic mass is 35.5. The van der Waals surface area contributed by atoms with Crippen LogP contribution in [0, 0.1) is 0 Å². The Morgan fingerprint density at radius 1 is 1.47 bits per heavy atom. The van der Waals surface area contributed by atoms with E-state index in [1.807, 2.05) is 0 Å². The first-order valence-electron chi connectivity index (χ1n) is 5.46. The normalized spacial score (nSPS) is 19.3. The van der Waals surface area contributed by atoms with E-state index in [4.69, 9.17) is 21.1 Å². The van der Waals surface area contributed by atoms with E-state index in [1.165, 1.54) is 25.3 Å². The van der Waals surface area contributed by atoms with Gasteiger partial charge in [0.25, 0.3) is 0 Å². The van der Waals surface area contributed by atoms with Gasteiger partial charge in [0.05, 0.1) is 13.7 Å². The van der Waals surface area contributed by atoms with Gasteiger partial charge in [-0.15, -0.1) is 0 Å². The van der Waals surface area contributed by atoms with Crippen molar-refractivity contribution in [3.8, 4) is 5.75 Å². The van der Waals surface area contributed by atoms with E-state index in [0.29, 0.717) is 6.42 Å². The highest BCUT2D eigenvalue weighted by Crippen LogP contribution is 2.27. The van der Waals surface area contributed by atoms with Gasteiger partial charge < -0.3 is 9.47 Å². The Labute approximate surface area is 115 Å². The predicted molar refractivity (Wildman–Crippen MR) is 67.7 cm³/mol. The summed E-state index contributed by atoms with van der Waals surface area (Å²) in [6.07, 6.45) is 0.306. The maximum atomic E-state index is 12.2. The summed E-state index contributed by atoms with van der Waals surface area (Å²) in [5, 5.41) is 0.259. The number of carbonyl (C=O) groups is 1. The molecule has 8 heteroatoms. The summed E-state index contributed by atoms with van der Waals surface area (Å²) in [6.45, 7) is 0.207. The number of nitrogens with one attached hydrogen (secondary N) is 1. The predicted octanol–water partition coefficient (Wildman–Crippen LogP) is 0.942. The third-order valence-electron chi connectivity index (χ3n) is 2.65. The van der Waals surface area contributed by atoms with Gasteiger partial charge >= 0.3 is 5.97 Å². The number of rotatable bonds is 4. The number of benzene rings is 1. The molecule has 1 unspecified atom stereocenters. The monoisotopic (exact) mass is 305 g/mol. The molecule has 19 heavy (non-hydrogen) atoms. The van der Waals surface area contributed by atoms with E-state index in [-0.39, 0.29) is 22.3 Å². The Bertz CT molecular complexity index is 601. The van der Waals surface area contributed by atoms with Gasteiger partial charge in [-0.3, -0.25) is 4.79 Å². The van der Waals surface area contributed by atoms with Crippen molar-refractivity contribution in [2.75, 3.05) is 13.7 Å². The Balaban J connectivity index is 2.33. The fourth-order valence-corrected chi connectivity index (χ4v) is 3.36. The summed E-state index contributed by atoms with van der Waals surface area (Å²) in [7, 11) is -2.55. The lowest BCUT2D eigenvalue weighted by atomic mass is 10.3. The second-order valence-electron chi connectivity index (χ2n) is 3.93. The molecule has 0 saturated carbocycles. The minimum Gasteiger partial charge on any atom is -0.495 e. The summed E-state index contributed by atoms with van der Waals surface area (Å²) >= 11 is 5.79. The largest absolute Gasteiger partial charge is 0.495 e. The summed E-state index contributed by atoms with van der Waals surface area (Å²) in [4.78, 5) is 11.2. The van der Waals surface area contributed by atoms with Gasteiger partial charge in [0.1, 0.15) is 16.7 Å². The molecule has 6 nitrogen and oxygen atoms in total. The minimum absolute atomic E-state index is 0.109. The topological polar surface area (TPSA) is 81.7 Å². The molecule has 1 saturated heterocycles. The minimum atomic E-state index is -3.90. The van der Waals surface area contributed by atoms with Crippen LogP contribution < -0.4 is 9.46 Å². The van der Waals surface area contributed by atoms with E-state index in [2.05, 4.69) is 4.72 Å². The van der Waals surface area contributed by atoms with Crippen LogP contribution in [0.5, 0.6) is 5.75 Å². The second kappa shape index (κ2) is 5.36. The van der Waals surface area contributed by atoms with E-state index < -0.39 is 22.0 Å². The average molecular weight is 306 g/mol. The molecular formula is C11H12ClNO5S. The molecule has 0 amide bonds. The molecular weight excluding hydrogens is 294 g/mol. The molecule has 1 aliphatic heterocycles. The van der Waals surface area contributed by atoms with Gasteiger partial charge in [0.2, 0.25) is 10.0 Å². The lowest BCUT2D eigenvalue weighted by Crippen LogP contribution is -2.38. The number of halogens is 1. The third kappa shape index (κ3) is 2.99. The Morgan fingerprint density at radius 2 is 2.21 bits per heavy atom. The lowest BCUT2D eigenvalue weighted by Gasteiger charge is -2.13. The van der Waals surface area contributed by atoms with Gasteiger partial charge in [-0.1, -0.05) is 11.6 Å². The van der Waals surface area contributed by atoms with Crippen molar-refractivity contribution in [1.29, 1.82) is 0 Å². The third-order valence-corrected chi connectivity index (χ3v) is 4.38. The summed E-state index contributed by atoms with van der Waals surface area (Å²) in [5.41, 5.74) is 0. The van der Waals surface area contributed by atoms with Crippen LogP contribution in [0.3, 0.4) is 0 Å². The quantitative estimate of drug-likeness (QED) is 0.837. The number of hydrogen-bond donors (Lipinski definition) is 1. The number of methoxy groups -OCH3 is 1. The smallest absolute Gasteiger partial charge is 0.324 e. The molecule has 1 atom stereocenters. The Morgan fingerprint density at radius 3 is 2.79 bits per heavy atom. The maximum Gasteiger partial charge on any atom is 0.324 e. The van der Waals surface area contributed by atoms with Crippen LogP contribution in [0.4, 0.5) is 0 Å². The number of carbonyl (C=O) groups excluding carboxylic acids is 1. The maximum absolute atomic E-state index is 12.2. The SMILES string of the molecule is COc1ccc(Cl)cc1S(=O)(=O)NC1CCOC1=O. The molecule has 1 aliphatic rings. The second-order valence-corrected chi connectivity index (χ2v) is 6.04. The van der Waals surface area contributed by atoms with Crippen LogP contribution in [0.1, 0.15) is 6.42 Å². The first-order chi connectivity index (χ1) is 8.94. The molecule has 0 aromatic heterocycles. The molecule has 0 spiro atoms. The van der Waals surface area contributed by atoms with Crippen molar-refractivity contribution in [2.24, 2.45) is 0 Å². The first kappa shape index (κ1) is 14.1. The van der Waals surface area contributed by atoms with E-state index in [9.17, 15) is 13.2 Å². The van der Waals surface area contributed by atoms with E-state index >= 15 is 0 Å². The number of hydrogen-bond acceptors (Lipinski definition) is 5. The van der Waals surface area contributed by atoms with Crippen molar-refractivity contribution < 1.29 is 22.7 Å². The van der Waals surface area contributed by atoms with Crippen LogP contribution in [0.15, 0.2) is 23.1 Å². The van der Waals surface area contributed by atoms with Gasteiger partial charge in [-0.25, -0.2) is 8.42 Å². The van der Waals surface area contributed by atoms with Crippen LogP contribution in [-0.2, 0) is 19.6 Å². The summed E-state index contributed by atoms with van der Waals surface area (Å²) in [5.74, 6) is -0.423. The molecule has 1 aromatic rings. The van der Waals surface area contributed by atoms with Crippen molar-refractivity contribution in [2.45, 2.75) is 17.4 Å². The zero-order valence-electron chi connectivity index (χ0n) is 10.1. The van der Waals surface area contributed by atoms with Crippen molar-refractivity contribution >= 4 is 27.6 Å². The molecule has 2 rings (SSSR count). The number of sulfonamides is 1. The summed E-state index contributed by atoms with van der Waals surface area (Å²) in [6, 6.07) is 3.37. The summed E-state index contributed by atoms with van der Waals surface area (Å²) < 4.78 is 36.4. The van der Waals surface area contributed by atoms with Crippen molar-refractivity contribution in [1.82, 2.24) is 4.72 Å². The van der Waals surface area contributed by atoms with Crippen LogP contribution >= 0.6 is 11.6 Å². The first-order valence-corrected chi connectivity index (χ1v) is 7.32. The fourth-order valence-electron chi connectivity index (χ4n) is 1.71. The van der Waals surface area contributed by atoms with Crippen LogP contribution in [0.25, 0.3) is 0 Å². The highest BCUT2D eigenvalue weighted by molar-refractivity contribution is 7.89.